The number of aliphatic hydroxyl groups is 1. The van der Waals surface area contributed by atoms with Crippen LogP contribution in [0, 0.1) is 0 Å². The first-order valence-electron chi connectivity index (χ1n) is 6.36. The van der Waals surface area contributed by atoms with Gasteiger partial charge >= 0.3 is 0 Å². The Morgan fingerprint density at radius 3 is 2.61 bits per heavy atom. The first kappa shape index (κ1) is 13.4. The number of halogens is 1. The van der Waals surface area contributed by atoms with Crippen LogP contribution in [0.5, 0.6) is 0 Å². The summed E-state index contributed by atoms with van der Waals surface area (Å²) >= 11 is 6.02. The van der Waals surface area contributed by atoms with Gasteiger partial charge in [-0.2, -0.15) is 0 Å². The molecule has 0 radical (unpaired) electrons. The summed E-state index contributed by atoms with van der Waals surface area (Å²) in [7, 11) is 0. The fourth-order valence-electron chi connectivity index (χ4n) is 2.31. The fourth-order valence-corrected chi connectivity index (χ4v) is 2.52. The molecule has 1 amide bonds. The smallest absolute Gasteiger partial charge is 0.224 e. The molecule has 0 saturated heterocycles. The number of carbonyl (C=O) groups excluding carboxylic acids is 1. The second kappa shape index (κ2) is 6.21. The van der Waals surface area contributed by atoms with E-state index in [4.69, 9.17) is 11.6 Å². The Morgan fingerprint density at radius 1 is 1.28 bits per heavy atom. The van der Waals surface area contributed by atoms with Crippen molar-refractivity contribution in [2.75, 3.05) is 0 Å². The maximum absolute atomic E-state index is 11.9. The van der Waals surface area contributed by atoms with Gasteiger partial charge < -0.3 is 10.4 Å². The second-order valence-electron chi connectivity index (χ2n) is 4.84. The summed E-state index contributed by atoms with van der Waals surface area (Å²) < 4.78 is 0. The topological polar surface area (TPSA) is 49.3 Å². The summed E-state index contributed by atoms with van der Waals surface area (Å²) in [5.41, 5.74) is 0.854. The molecule has 1 aromatic rings. The molecule has 1 saturated carbocycles. The lowest BCUT2D eigenvalue weighted by atomic mass is 9.93. The molecule has 98 valence electrons. The van der Waals surface area contributed by atoms with Crippen molar-refractivity contribution < 1.29 is 9.90 Å². The van der Waals surface area contributed by atoms with Crippen LogP contribution >= 0.6 is 11.6 Å². The van der Waals surface area contributed by atoms with Crippen molar-refractivity contribution in [1.29, 1.82) is 0 Å². The minimum absolute atomic E-state index is 0.00416. The van der Waals surface area contributed by atoms with Crippen molar-refractivity contribution in [3.8, 4) is 0 Å². The number of nitrogens with one attached hydrogen (secondary N) is 1. The standard InChI is InChI=1S/C14H18ClNO2/c15-13-4-2-1-3-10(13)9-14(18)16-11-5-7-12(17)8-6-11/h1-4,11-12,17H,5-9H2,(H,16,18). The number of aliphatic hydroxyl groups excluding tert-OH is 1. The number of hydrogen-bond donors (Lipinski definition) is 2. The molecule has 1 aliphatic carbocycles. The highest BCUT2D eigenvalue weighted by molar-refractivity contribution is 6.31. The van der Waals surface area contributed by atoms with Crippen LogP contribution in [0.2, 0.25) is 5.02 Å². The Hall–Kier alpha value is -1.06. The number of carbonyl (C=O) groups is 1. The van der Waals surface area contributed by atoms with E-state index < -0.39 is 0 Å². The molecule has 0 unspecified atom stereocenters. The molecular weight excluding hydrogens is 250 g/mol. The van der Waals surface area contributed by atoms with E-state index in [0.717, 1.165) is 31.2 Å². The minimum atomic E-state index is -0.193. The van der Waals surface area contributed by atoms with Crippen molar-refractivity contribution in [1.82, 2.24) is 5.32 Å². The normalized spacial score (nSPS) is 23.7. The molecule has 0 bridgehead atoms. The predicted molar refractivity (Wildman–Crippen MR) is 71.6 cm³/mol. The van der Waals surface area contributed by atoms with Gasteiger partial charge in [0.1, 0.15) is 0 Å². The van der Waals surface area contributed by atoms with Crippen molar-refractivity contribution in [2.45, 2.75) is 44.2 Å². The van der Waals surface area contributed by atoms with Crippen molar-refractivity contribution >= 4 is 17.5 Å². The molecule has 0 heterocycles. The van der Waals surface area contributed by atoms with E-state index >= 15 is 0 Å². The fraction of sp³-hybridized carbons (Fsp3) is 0.500. The first-order valence-corrected chi connectivity index (χ1v) is 6.74. The van der Waals surface area contributed by atoms with Gasteiger partial charge in [-0.05, 0) is 37.3 Å². The van der Waals surface area contributed by atoms with E-state index in [-0.39, 0.29) is 18.1 Å². The molecule has 2 rings (SSSR count). The lowest BCUT2D eigenvalue weighted by molar-refractivity contribution is -0.121. The largest absolute Gasteiger partial charge is 0.393 e. The van der Waals surface area contributed by atoms with Gasteiger partial charge in [-0.3, -0.25) is 4.79 Å². The van der Waals surface area contributed by atoms with Crippen molar-refractivity contribution in [3.05, 3.63) is 34.9 Å². The van der Waals surface area contributed by atoms with Gasteiger partial charge in [-0.1, -0.05) is 29.8 Å². The summed E-state index contributed by atoms with van der Waals surface area (Å²) in [4.78, 5) is 11.9. The van der Waals surface area contributed by atoms with Gasteiger partial charge in [-0.15, -0.1) is 0 Å². The second-order valence-corrected chi connectivity index (χ2v) is 5.25. The molecule has 1 fully saturated rings. The zero-order valence-corrected chi connectivity index (χ0v) is 11.0. The minimum Gasteiger partial charge on any atom is -0.393 e. The van der Waals surface area contributed by atoms with Gasteiger partial charge in [0.2, 0.25) is 5.91 Å². The Morgan fingerprint density at radius 2 is 1.94 bits per heavy atom. The predicted octanol–water partition coefficient (Wildman–Crippen LogP) is 2.30. The van der Waals surface area contributed by atoms with Gasteiger partial charge in [0.15, 0.2) is 0 Å². The summed E-state index contributed by atoms with van der Waals surface area (Å²) in [5.74, 6) is 0.00416. The molecular formula is C14H18ClNO2. The lowest BCUT2D eigenvalue weighted by Gasteiger charge is -2.26. The third-order valence-corrected chi connectivity index (χ3v) is 3.74. The SMILES string of the molecule is O=C(Cc1ccccc1Cl)NC1CCC(O)CC1. The molecule has 1 aromatic carbocycles. The zero-order chi connectivity index (χ0) is 13.0. The Bertz CT molecular complexity index is 414. The van der Waals surface area contributed by atoms with Crippen LogP contribution in [0.1, 0.15) is 31.2 Å². The van der Waals surface area contributed by atoms with E-state index in [2.05, 4.69) is 5.32 Å². The molecule has 0 aliphatic heterocycles. The average Bonchev–Trinajstić information content (AvgIpc) is 2.35. The van der Waals surface area contributed by atoms with Crippen LogP contribution in [0.4, 0.5) is 0 Å². The van der Waals surface area contributed by atoms with Crippen molar-refractivity contribution in [3.63, 3.8) is 0 Å². The van der Waals surface area contributed by atoms with E-state index in [1.165, 1.54) is 0 Å². The van der Waals surface area contributed by atoms with E-state index in [1.54, 1.807) is 6.07 Å². The Balaban J connectivity index is 1.84. The van der Waals surface area contributed by atoms with E-state index in [9.17, 15) is 9.90 Å². The maximum atomic E-state index is 11.9. The highest BCUT2D eigenvalue weighted by Gasteiger charge is 2.20. The molecule has 18 heavy (non-hydrogen) atoms. The summed E-state index contributed by atoms with van der Waals surface area (Å²) in [6, 6.07) is 7.59. The maximum Gasteiger partial charge on any atom is 0.224 e. The molecule has 0 atom stereocenters. The lowest BCUT2D eigenvalue weighted by Crippen LogP contribution is -2.39. The number of amides is 1. The number of hydrogen-bond acceptors (Lipinski definition) is 2. The summed E-state index contributed by atoms with van der Waals surface area (Å²) in [5, 5.41) is 13.0. The Labute approximate surface area is 112 Å². The number of rotatable bonds is 3. The molecule has 0 spiro atoms. The molecule has 3 nitrogen and oxygen atoms in total. The van der Waals surface area contributed by atoms with Crippen LogP contribution < -0.4 is 5.32 Å². The third-order valence-electron chi connectivity index (χ3n) is 3.37. The summed E-state index contributed by atoms with van der Waals surface area (Å²) in [6.45, 7) is 0. The highest BCUT2D eigenvalue weighted by Crippen LogP contribution is 2.19. The van der Waals surface area contributed by atoms with Crippen LogP contribution in [0.15, 0.2) is 24.3 Å². The van der Waals surface area contributed by atoms with Gasteiger partial charge in [0.05, 0.1) is 12.5 Å². The Kier molecular flexibility index (Phi) is 4.61. The molecule has 4 heteroatoms. The highest BCUT2D eigenvalue weighted by atomic mass is 35.5. The van der Waals surface area contributed by atoms with E-state index in [1.807, 2.05) is 18.2 Å². The van der Waals surface area contributed by atoms with Crippen LogP contribution in [-0.4, -0.2) is 23.2 Å². The first-order chi connectivity index (χ1) is 8.65. The zero-order valence-electron chi connectivity index (χ0n) is 10.2. The molecule has 1 aliphatic rings. The van der Waals surface area contributed by atoms with Crippen molar-refractivity contribution in [2.24, 2.45) is 0 Å². The van der Waals surface area contributed by atoms with Crippen LogP contribution in [0.3, 0.4) is 0 Å². The molecule has 0 aromatic heterocycles. The van der Waals surface area contributed by atoms with Crippen LogP contribution in [-0.2, 0) is 11.2 Å². The van der Waals surface area contributed by atoms with Gasteiger partial charge in [-0.25, -0.2) is 0 Å². The number of benzene rings is 1. The monoisotopic (exact) mass is 267 g/mol. The van der Waals surface area contributed by atoms with Gasteiger partial charge in [0.25, 0.3) is 0 Å². The quantitative estimate of drug-likeness (QED) is 0.883. The average molecular weight is 268 g/mol. The third kappa shape index (κ3) is 3.72. The van der Waals surface area contributed by atoms with Crippen LogP contribution in [0.25, 0.3) is 0 Å². The van der Waals surface area contributed by atoms with E-state index in [0.29, 0.717) is 11.4 Å². The summed E-state index contributed by atoms with van der Waals surface area (Å²) in [6.07, 6.45) is 3.39. The molecule has 2 N–H and O–H groups in total. The van der Waals surface area contributed by atoms with Gasteiger partial charge in [0, 0.05) is 11.1 Å².